The summed E-state index contributed by atoms with van der Waals surface area (Å²) in [6.07, 6.45) is 1.91. The number of nitrogens with zero attached hydrogens (tertiary/aromatic N) is 2. The van der Waals surface area contributed by atoms with Gasteiger partial charge in [0.25, 0.3) is 0 Å². The number of rotatable bonds is 4. The highest BCUT2D eigenvalue weighted by molar-refractivity contribution is 5.78. The molecule has 2 rings (SSSR count). The van der Waals surface area contributed by atoms with Crippen molar-refractivity contribution in [1.82, 2.24) is 9.80 Å². The van der Waals surface area contributed by atoms with E-state index >= 15 is 0 Å². The van der Waals surface area contributed by atoms with E-state index in [0.29, 0.717) is 39.4 Å². The molecule has 0 aromatic heterocycles. The van der Waals surface area contributed by atoms with Gasteiger partial charge in [-0.25, -0.2) is 0 Å². The van der Waals surface area contributed by atoms with E-state index in [1.807, 2.05) is 18.7 Å². The third kappa shape index (κ3) is 4.68. The molecule has 21 heavy (non-hydrogen) atoms. The first-order chi connectivity index (χ1) is 10.1. The summed E-state index contributed by atoms with van der Waals surface area (Å²) in [7, 11) is 0. The second kappa shape index (κ2) is 7.75. The van der Waals surface area contributed by atoms with Gasteiger partial charge in [-0.05, 0) is 33.2 Å². The maximum atomic E-state index is 12.3. The molecule has 120 valence electrons. The second-order valence-corrected chi connectivity index (χ2v) is 5.85. The SMILES string of the molecule is CCOC(=O)C1CCCN(CC(=O)N2CCOC(C)C2)C1. The Morgan fingerprint density at radius 2 is 2.10 bits per heavy atom. The minimum Gasteiger partial charge on any atom is -0.466 e. The van der Waals surface area contributed by atoms with Gasteiger partial charge in [-0.2, -0.15) is 0 Å². The molecule has 0 aromatic rings. The molecule has 6 heteroatoms. The first-order valence-electron chi connectivity index (χ1n) is 7.88. The summed E-state index contributed by atoms with van der Waals surface area (Å²) in [5.41, 5.74) is 0. The Balaban J connectivity index is 1.81. The number of esters is 1. The van der Waals surface area contributed by atoms with Crippen molar-refractivity contribution in [2.75, 3.05) is 45.9 Å². The lowest BCUT2D eigenvalue weighted by Crippen LogP contribution is -2.50. The summed E-state index contributed by atoms with van der Waals surface area (Å²) in [4.78, 5) is 28.1. The molecular weight excluding hydrogens is 272 g/mol. The fourth-order valence-electron chi connectivity index (χ4n) is 2.99. The van der Waals surface area contributed by atoms with Gasteiger partial charge in [0.15, 0.2) is 0 Å². The predicted molar refractivity (Wildman–Crippen MR) is 77.8 cm³/mol. The van der Waals surface area contributed by atoms with Crippen molar-refractivity contribution in [3.05, 3.63) is 0 Å². The van der Waals surface area contributed by atoms with Gasteiger partial charge < -0.3 is 14.4 Å². The van der Waals surface area contributed by atoms with Crippen LogP contribution < -0.4 is 0 Å². The zero-order chi connectivity index (χ0) is 15.2. The van der Waals surface area contributed by atoms with Gasteiger partial charge in [-0.3, -0.25) is 14.5 Å². The molecule has 6 nitrogen and oxygen atoms in total. The van der Waals surface area contributed by atoms with E-state index in [0.717, 1.165) is 19.4 Å². The van der Waals surface area contributed by atoms with Crippen LogP contribution in [0.25, 0.3) is 0 Å². The lowest BCUT2D eigenvalue weighted by molar-refractivity contribution is -0.151. The van der Waals surface area contributed by atoms with Crippen molar-refractivity contribution in [3.63, 3.8) is 0 Å². The number of likely N-dealkylation sites (tertiary alicyclic amines) is 1. The number of hydrogen-bond donors (Lipinski definition) is 0. The van der Waals surface area contributed by atoms with E-state index in [9.17, 15) is 9.59 Å². The maximum Gasteiger partial charge on any atom is 0.310 e. The minimum atomic E-state index is -0.130. The topological polar surface area (TPSA) is 59.1 Å². The average molecular weight is 298 g/mol. The molecule has 2 aliphatic heterocycles. The standard InChI is InChI=1S/C15H26N2O4/c1-3-20-15(19)13-5-4-6-16(10-13)11-14(18)17-7-8-21-12(2)9-17/h12-13H,3-11H2,1-2H3. The molecule has 2 fully saturated rings. The highest BCUT2D eigenvalue weighted by Gasteiger charge is 2.29. The number of hydrogen-bond acceptors (Lipinski definition) is 5. The van der Waals surface area contributed by atoms with Crippen molar-refractivity contribution < 1.29 is 19.1 Å². The number of carbonyl (C=O) groups is 2. The third-order valence-corrected chi connectivity index (χ3v) is 4.08. The van der Waals surface area contributed by atoms with Crippen LogP contribution in [-0.4, -0.2) is 73.7 Å². The Hall–Kier alpha value is -1.14. The molecule has 0 radical (unpaired) electrons. The van der Waals surface area contributed by atoms with Crippen molar-refractivity contribution in [2.45, 2.75) is 32.8 Å². The number of amides is 1. The largest absolute Gasteiger partial charge is 0.466 e. The van der Waals surface area contributed by atoms with Crippen LogP contribution in [0.5, 0.6) is 0 Å². The van der Waals surface area contributed by atoms with E-state index < -0.39 is 0 Å². The first-order valence-corrected chi connectivity index (χ1v) is 7.88. The van der Waals surface area contributed by atoms with E-state index in [1.54, 1.807) is 0 Å². The molecule has 0 spiro atoms. The van der Waals surface area contributed by atoms with E-state index in [1.165, 1.54) is 0 Å². The van der Waals surface area contributed by atoms with Gasteiger partial charge in [0, 0.05) is 19.6 Å². The van der Waals surface area contributed by atoms with E-state index in [4.69, 9.17) is 9.47 Å². The van der Waals surface area contributed by atoms with E-state index in [-0.39, 0.29) is 23.9 Å². The average Bonchev–Trinajstić information content (AvgIpc) is 2.48. The molecule has 2 aliphatic rings. The van der Waals surface area contributed by atoms with Crippen LogP contribution in [0.15, 0.2) is 0 Å². The first kappa shape index (κ1) is 16.2. The fourth-order valence-corrected chi connectivity index (χ4v) is 2.99. The molecule has 2 unspecified atom stereocenters. The van der Waals surface area contributed by atoms with Crippen LogP contribution in [0.3, 0.4) is 0 Å². The van der Waals surface area contributed by atoms with Crippen LogP contribution >= 0.6 is 0 Å². The lowest BCUT2D eigenvalue weighted by Gasteiger charge is -2.35. The fraction of sp³-hybridized carbons (Fsp3) is 0.867. The zero-order valence-corrected chi connectivity index (χ0v) is 13.0. The molecule has 2 atom stereocenters. The summed E-state index contributed by atoms with van der Waals surface area (Å²) >= 11 is 0. The summed E-state index contributed by atoms with van der Waals surface area (Å²) in [5.74, 6) is -0.0839. The minimum absolute atomic E-state index is 0.0879. The summed E-state index contributed by atoms with van der Waals surface area (Å²) in [6.45, 7) is 8.05. The van der Waals surface area contributed by atoms with Crippen molar-refractivity contribution in [1.29, 1.82) is 0 Å². The molecule has 0 N–H and O–H groups in total. The Labute approximate surface area is 126 Å². The van der Waals surface area contributed by atoms with Gasteiger partial charge in [0.05, 0.1) is 31.8 Å². The molecule has 0 bridgehead atoms. The van der Waals surface area contributed by atoms with Gasteiger partial charge in [-0.15, -0.1) is 0 Å². The molecular formula is C15H26N2O4. The number of morpholine rings is 1. The molecule has 0 saturated carbocycles. The van der Waals surface area contributed by atoms with Gasteiger partial charge in [0.2, 0.25) is 5.91 Å². The summed E-state index contributed by atoms with van der Waals surface area (Å²) in [5, 5.41) is 0. The van der Waals surface area contributed by atoms with E-state index in [2.05, 4.69) is 4.90 Å². The maximum absolute atomic E-state index is 12.3. The van der Waals surface area contributed by atoms with Crippen LogP contribution in [0.2, 0.25) is 0 Å². The third-order valence-electron chi connectivity index (χ3n) is 4.08. The summed E-state index contributed by atoms with van der Waals surface area (Å²) < 4.78 is 10.5. The molecule has 0 aromatic carbocycles. The van der Waals surface area contributed by atoms with Crippen LogP contribution in [0.1, 0.15) is 26.7 Å². The van der Waals surface area contributed by atoms with Crippen molar-refractivity contribution in [2.24, 2.45) is 5.92 Å². The Kier molecular flexibility index (Phi) is 5.99. The summed E-state index contributed by atoms with van der Waals surface area (Å²) in [6, 6.07) is 0. The lowest BCUT2D eigenvalue weighted by atomic mass is 9.98. The molecule has 0 aliphatic carbocycles. The zero-order valence-electron chi connectivity index (χ0n) is 13.0. The number of ether oxygens (including phenoxy) is 2. The smallest absolute Gasteiger partial charge is 0.310 e. The van der Waals surface area contributed by atoms with Crippen LogP contribution in [0, 0.1) is 5.92 Å². The molecule has 1 amide bonds. The molecule has 2 saturated heterocycles. The Morgan fingerprint density at radius 3 is 2.81 bits per heavy atom. The highest BCUT2D eigenvalue weighted by atomic mass is 16.5. The predicted octanol–water partition coefficient (Wildman–Crippen LogP) is 0.509. The molecule has 2 heterocycles. The normalized spacial score (nSPS) is 27.4. The number of piperidine rings is 1. The van der Waals surface area contributed by atoms with Gasteiger partial charge in [-0.1, -0.05) is 0 Å². The Morgan fingerprint density at radius 1 is 1.29 bits per heavy atom. The quantitative estimate of drug-likeness (QED) is 0.708. The van der Waals surface area contributed by atoms with Crippen molar-refractivity contribution in [3.8, 4) is 0 Å². The number of carbonyl (C=O) groups excluding carboxylic acids is 2. The van der Waals surface area contributed by atoms with Gasteiger partial charge >= 0.3 is 5.97 Å². The van der Waals surface area contributed by atoms with Crippen LogP contribution in [0.4, 0.5) is 0 Å². The second-order valence-electron chi connectivity index (χ2n) is 5.85. The van der Waals surface area contributed by atoms with Crippen LogP contribution in [-0.2, 0) is 19.1 Å². The van der Waals surface area contributed by atoms with Crippen molar-refractivity contribution >= 4 is 11.9 Å². The highest BCUT2D eigenvalue weighted by Crippen LogP contribution is 2.18. The van der Waals surface area contributed by atoms with Gasteiger partial charge in [0.1, 0.15) is 0 Å². The monoisotopic (exact) mass is 298 g/mol. The Bertz CT molecular complexity index is 375.